The summed E-state index contributed by atoms with van der Waals surface area (Å²) in [5, 5.41) is 0. The highest BCUT2D eigenvalue weighted by Gasteiger charge is 2.41. The molecular weight excluding hydrogens is 368 g/mol. The van der Waals surface area contributed by atoms with Crippen LogP contribution in [0.3, 0.4) is 0 Å². The van der Waals surface area contributed by atoms with Crippen LogP contribution in [0.5, 0.6) is 11.5 Å². The fraction of sp³-hybridized carbons (Fsp3) is 0.158. The number of carbonyl (C=O) groups excluding carboxylic acids is 1. The zero-order chi connectivity index (χ0) is 19.3. The van der Waals surface area contributed by atoms with E-state index in [1.807, 2.05) is 0 Å². The van der Waals surface area contributed by atoms with Crippen molar-refractivity contribution in [2.75, 3.05) is 21.3 Å². The Hall–Kier alpha value is -3.13. The Labute approximate surface area is 156 Å². The number of Topliss-reactive ketones (excluding diaryl/α,β-unsaturated/α-hetero) is 1. The largest absolute Gasteiger partial charge is 0.493 e. The highest BCUT2D eigenvalue weighted by molar-refractivity contribution is 7.90. The summed E-state index contributed by atoms with van der Waals surface area (Å²) in [5.41, 5.74) is 2.27. The van der Waals surface area contributed by atoms with Gasteiger partial charge in [-0.1, -0.05) is 18.2 Å². The standard InChI is InChI=1S/C19H16N2O5S/c1-20-18-15(10-7-8-12(25-2)13(9-10)26-3)17-16-11(19(18)22)5-4-6-14(16)27(23,24)21-17/h4-9,21H,1-3H3. The first-order valence-corrected chi connectivity index (χ1v) is 9.56. The second kappa shape index (κ2) is 5.95. The third kappa shape index (κ3) is 2.37. The number of sulfonamides is 1. The van der Waals surface area contributed by atoms with Gasteiger partial charge in [-0.3, -0.25) is 14.5 Å². The second-order valence-electron chi connectivity index (χ2n) is 6.01. The molecule has 0 aromatic heterocycles. The summed E-state index contributed by atoms with van der Waals surface area (Å²) in [6.07, 6.45) is 0. The molecule has 2 aromatic carbocycles. The lowest BCUT2D eigenvalue weighted by Crippen LogP contribution is -2.25. The monoisotopic (exact) mass is 384 g/mol. The highest BCUT2D eigenvalue weighted by Crippen LogP contribution is 2.43. The summed E-state index contributed by atoms with van der Waals surface area (Å²) in [5.74, 6) is 0.671. The topological polar surface area (TPSA) is 94.1 Å². The molecule has 2 aliphatic rings. The number of allylic oxidation sites excluding steroid dienone is 1. The van der Waals surface area contributed by atoms with Gasteiger partial charge in [0.15, 0.2) is 11.5 Å². The van der Waals surface area contributed by atoms with Gasteiger partial charge in [-0.2, -0.15) is 0 Å². The van der Waals surface area contributed by atoms with Crippen LogP contribution in [0.2, 0.25) is 0 Å². The molecule has 0 amide bonds. The first-order chi connectivity index (χ1) is 12.9. The van der Waals surface area contributed by atoms with Crippen molar-refractivity contribution in [3.63, 3.8) is 0 Å². The summed E-state index contributed by atoms with van der Waals surface area (Å²) in [4.78, 5) is 17.3. The first-order valence-electron chi connectivity index (χ1n) is 8.07. The molecule has 1 aliphatic carbocycles. The van der Waals surface area contributed by atoms with Crippen molar-refractivity contribution in [2.45, 2.75) is 4.90 Å². The molecule has 4 rings (SSSR count). The summed E-state index contributed by atoms with van der Waals surface area (Å²) >= 11 is 0. The molecule has 2 aromatic rings. The van der Waals surface area contributed by atoms with Gasteiger partial charge in [0.25, 0.3) is 10.0 Å². The fourth-order valence-corrected chi connectivity index (χ4v) is 4.79. The van der Waals surface area contributed by atoms with Gasteiger partial charge in [0, 0.05) is 23.7 Å². The Bertz CT molecular complexity index is 1160. The fourth-order valence-electron chi connectivity index (χ4n) is 3.46. The van der Waals surface area contributed by atoms with E-state index in [0.717, 1.165) is 0 Å². The number of hydrogen-bond donors (Lipinski definition) is 1. The third-order valence-corrected chi connectivity index (χ3v) is 6.04. The Morgan fingerprint density at radius 2 is 1.78 bits per heavy atom. The van der Waals surface area contributed by atoms with Gasteiger partial charge in [0.2, 0.25) is 5.78 Å². The number of carbonyl (C=O) groups is 1. The molecular formula is C19H16N2O5S. The molecule has 1 aliphatic heterocycles. The number of nitrogens with zero attached hydrogens (tertiary/aromatic N) is 1. The number of nitrogens with one attached hydrogen (secondary N) is 1. The molecule has 7 nitrogen and oxygen atoms in total. The molecule has 27 heavy (non-hydrogen) atoms. The summed E-state index contributed by atoms with van der Waals surface area (Å²) in [6.45, 7) is 0. The maximum Gasteiger partial charge on any atom is 0.262 e. The minimum atomic E-state index is -3.74. The first kappa shape index (κ1) is 17.3. The lowest BCUT2D eigenvalue weighted by Gasteiger charge is -2.21. The van der Waals surface area contributed by atoms with Crippen LogP contribution in [0, 0.1) is 0 Å². The van der Waals surface area contributed by atoms with E-state index in [1.54, 1.807) is 30.3 Å². The van der Waals surface area contributed by atoms with Crippen molar-refractivity contribution in [2.24, 2.45) is 4.99 Å². The second-order valence-corrected chi connectivity index (χ2v) is 7.66. The van der Waals surface area contributed by atoms with Crippen LogP contribution < -0.4 is 14.2 Å². The van der Waals surface area contributed by atoms with E-state index >= 15 is 0 Å². The number of rotatable bonds is 3. The summed E-state index contributed by atoms with van der Waals surface area (Å²) in [6, 6.07) is 9.79. The molecule has 0 bridgehead atoms. The molecule has 0 atom stereocenters. The van der Waals surface area contributed by atoms with Gasteiger partial charge >= 0.3 is 0 Å². The van der Waals surface area contributed by atoms with E-state index in [0.29, 0.717) is 39.5 Å². The lowest BCUT2D eigenvalue weighted by atomic mass is 9.83. The van der Waals surface area contributed by atoms with Crippen molar-refractivity contribution < 1.29 is 22.7 Å². The number of aliphatic imine (C=N–C) groups is 1. The van der Waals surface area contributed by atoms with Crippen LogP contribution >= 0.6 is 0 Å². The van der Waals surface area contributed by atoms with Crippen LogP contribution in [0.25, 0.3) is 11.3 Å². The number of ketones is 1. The normalized spacial score (nSPS) is 18.3. The summed E-state index contributed by atoms with van der Waals surface area (Å²) in [7, 11) is 0.792. The van der Waals surface area contributed by atoms with Gasteiger partial charge in [-0.05, 0) is 23.8 Å². The van der Waals surface area contributed by atoms with E-state index in [1.165, 1.54) is 27.3 Å². The van der Waals surface area contributed by atoms with Crippen LogP contribution in [-0.2, 0) is 10.0 Å². The third-order valence-electron chi connectivity index (χ3n) is 4.64. The van der Waals surface area contributed by atoms with Gasteiger partial charge < -0.3 is 9.47 Å². The van der Waals surface area contributed by atoms with E-state index < -0.39 is 10.0 Å². The van der Waals surface area contributed by atoms with Gasteiger partial charge in [0.1, 0.15) is 5.71 Å². The SMILES string of the molecule is CN=C1C(=O)c2cccc3c2C(=C1c1ccc(OC)c(OC)c1)NS3(=O)=O. The number of methoxy groups -OCH3 is 2. The zero-order valence-electron chi connectivity index (χ0n) is 14.9. The van der Waals surface area contributed by atoms with Crippen molar-refractivity contribution in [3.8, 4) is 11.5 Å². The average molecular weight is 384 g/mol. The predicted molar refractivity (Wildman–Crippen MR) is 101 cm³/mol. The molecule has 1 heterocycles. The Balaban J connectivity index is 2.08. The van der Waals surface area contributed by atoms with Crippen LogP contribution in [-0.4, -0.2) is 41.2 Å². The van der Waals surface area contributed by atoms with Crippen LogP contribution in [0.1, 0.15) is 21.5 Å². The van der Waals surface area contributed by atoms with Gasteiger partial charge in [-0.15, -0.1) is 0 Å². The molecule has 0 fully saturated rings. The molecule has 8 heteroatoms. The maximum absolute atomic E-state index is 13.0. The minimum Gasteiger partial charge on any atom is -0.493 e. The number of benzene rings is 2. The van der Waals surface area contributed by atoms with Gasteiger partial charge in [0.05, 0.1) is 24.8 Å². The molecule has 1 N–H and O–H groups in total. The van der Waals surface area contributed by atoms with E-state index in [9.17, 15) is 13.2 Å². The minimum absolute atomic E-state index is 0.0940. The number of ether oxygens (including phenoxy) is 2. The van der Waals surface area contributed by atoms with Crippen molar-refractivity contribution in [1.82, 2.24) is 4.72 Å². The summed E-state index contributed by atoms with van der Waals surface area (Å²) < 4.78 is 38.3. The zero-order valence-corrected chi connectivity index (χ0v) is 15.7. The molecule has 138 valence electrons. The van der Waals surface area contributed by atoms with Crippen LogP contribution in [0.15, 0.2) is 46.3 Å². The van der Waals surface area contributed by atoms with Crippen LogP contribution in [0.4, 0.5) is 0 Å². The van der Waals surface area contributed by atoms with E-state index in [4.69, 9.17) is 9.47 Å². The van der Waals surface area contributed by atoms with Gasteiger partial charge in [-0.25, -0.2) is 8.42 Å². The van der Waals surface area contributed by atoms with Crippen molar-refractivity contribution >= 4 is 32.8 Å². The smallest absolute Gasteiger partial charge is 0.262 e. The predicted octanol–water partition coefficient (Wildman–Crippen LogP) is 2.13. The quantitative estimate of drug-likeness (QED) is 0.875. The average Bonchev–Trinajstić information content (AvgIpc) is 2.95. The Kier molecular flexibility index (Phi) is 3.81. The van der Waals surface area contributed by atoms with Crippen molar-refractivity contribution in [3.05, 3.63) is 53.1 Å². The molecule has 0 radical (unpaired) electrons. The van der Waals surface area contributed by atoms with E-state index in [2.05, 4.69) is 9.71 Å². The highest BCUT2D eigenvalue weighted by atomic mass is 32.2. The molecule has 0 spiro atoms. The van der Waals surface area contributed by atoms with Crippen molar-refractivity contribution in [1.29, 1.82) is 0 Å². The molecule has 0 saturated heterocycles. The Morgan fingerprint density at radius 1 is 1.04 bits per heavy atom. The number of hydrogen-bond acceptors (Lipinski definition) is 6. The molecule has 0 saturated carbocycles. The molecule has 0 unspecified atom stereocenters. The van der Waals surface area contributed by atoms with E-state index in [-0.39, 0.29) is 16.4 Å². The Morgan fingerprint density at radius 3 is 2.44 bits per heavy atom. The lowest BCUT2D eigenvalue weighted by molar-refractivity contribution is 0.106. The maximum atomic E-state index is 13.0.